The number of hydrogen-bond acceptors (Lipinski definition) is 6. The molecule has 0 atom stereocenters. The summed E-state index contributed by atoms with van der Waals surface area (Å²) < 4.78 is 11.5. The molecule has 0 unspecified atom stereocenters. The second-order valence-electron chi connectivity index (χ2n) is 6.26. The Morgan fingerprint density at radius 1 is 1.21 bits per heavy atom. The number of carbonyl (C=O) groups is 1. The first kappa shape index (κ1) is 17.5. The highest BCUT2D eigenvalue weighted by atomic mass is 16.7. The van der Waals surface area contributed by atoms with Crippen LogP contribution in [0.2, 0.25) is 0 Å². The molecule has 0 spiro atoms. The van der Waals surface area contributed by atoms with E-state index < -0.39 is 17.2 Å². The molecule has 0 aliphatic carbocycles. The third-order valence-electron chi connectivity index (χ3n) is 4.24. The van der Waals surface area contributed by atoms with Gasteiger partial charge in [-0.2, -0.15) is 0 Å². The quantitative estimate of drug-likeness (QED) is 0.704. The number of rotatable bonds is 4. The SMILES string of the molecule is Cc1ccc(NC(=O)c2c[nH]c(=O)n(Cc3ccc4c(c3)OCO4)c2=O)nc1. The highest BCUT2D eigenvalue weighted by molar-refractivity contribution is 6.03. The van der Waals surface area contributed by atoms with Crippen LogP contribution in [0.25, 0.3) is 0 Å². The van der Waals surface area contributed by atoms with Crippen molar-refractivity contribution in [1.82, 2.24) is 14.5 Å². The molecule has 1 amide bonds. The lowest BCUT2D eigenvalue weighted by Crippen LogP contribution is -2.39. The van der Waals surface area contributed by atoms with E-state index in [-0.39, 0.29) is 18.9 Å². The van der Waals surface area contributed by atoms with Gasteiger partial charge in [0.05, 0.1) is 6.54 Å². The summed E-state index contributed by atoms with van der Waals surface area (Å²) in [7, 11) is 0. The first-order valence-electron chi connectivity index (χ1n) is 8.46. The molecular weight excluding hydrogens is 364 g/mol. The molecule has 2 aromatic heterocycles. The molecule has 0 saturated carbocycles. The van der Waals surface area contributed by atoms with Gasteiger partial charge in [-0.25, -0.2) is 9.78 Å². The third-order valence-corrected chi connectivity index (χ3v) is 4.24. The van der Waals surface area contributed by atoms with Gasteiger partial charge in [-0.3, -0.25) is 14.2 Å². The van der Waals surface area contributed by atoms with Gasteiger partial charge in [-0.15, -0.1) is 0 Å². The largest absolute Gasteiger partial charge is 0.454 e. The minimum atomic E-state index is -0.703. The van der Waals surface area contributed by atoms with E-state index in [1.165, 1.54) is 0 Å². The Bertz CT molecular complexity index is 1160. The van der Waals surface area contributed by atoms with E-state index in [9.17, 15) is 14.4 Å². The van der Waals surface area contributed by atoms with Gasteiger partial charge in [0.15, 0.2) is 11.5 Å². The minimum absolute atomic E-state index is 0.0191. The summed E-state index contributed by atoms with van der Waals surface area (Å²) >= 11 is 0. The number of benzene rings is 1. The molecule has 2 N–H and O–H groups in total. The topological polar surface area (TPSA) is 115 Å². The van der Waals surface area contributed by atoms with Gasteiger partial charge in [0, 0.05) is 12.4 Å². The monoisotopic (exact) mass is 380 g/mol. The maximum atomic E-state index is 12.7. The number of nitrogens with one attached hydrogen (secondary N) is 2. The number of nitrogens with zero attached hydrogens (tertiary/aromatic N) is 2. The summed E-state index contributed by atoms with van der Waals surface area (Å²) in [6, 6.07) is 8.54. The number of aryl methyl sites for hydroxylation is 1. The summed E-state index contributed by atoms with van der Waals surface area (Å²) in [6.07, 6.45) is 2.70. The zero-order chi connectivity index (χ0) is 19.7. The Balaban J connectivity index is 1.62. The van der Waals surface area contributed by atoms with Crippen LogP contribution in [0.3, 0.4) is 0 Å². The normalized spacial score (nSPS) is 12.0. The van der Waals surface area contributed by atoms with Crippen LogP contribution >= 0.6 is 0 Å². The first-order valence-corrected chi connectivity index (χ1v) is 8.46. The van der Waals surface area contributed by atoms with E-state index in [4.69, 9.17) is 9.47 Å². The predicted octanol–water partition coefficient (Wildman–Crippen LogP) is 1.27. The van der Waals surface area contributed by atoms with Crippen molar-refractivity contribution in [1.29, 1.82) is 0 Å². The minimum Gasteiger partial charge on any atom is -0.454 e. The Kier molecular flexibility index (Phi) is 4.40. The second kappa shape index (κ2) is 7.03. The molecule has 9 heteroatoms. The van der Waals surface area contributed by atoms with Crippen LogP contribution in [0.1, 0.15) is 21.5 Å². The molecule has 1 aliphatic rings. The summed E-state index contributed by atoms with van der Waals surface area (Å²) in [5.74, 6) is 0.797. The van der Waals surface area contributed by atoms with Crippen molar-refractivity contribution in [3.8, 4) is 11.5 Å². The number of anilines is 1. The number of fused-ring (bicyclic) bond motifs is 1. The molecule has 28 heavy (non-hydrogen) atoms. The van der Waals surface area contributed by atoms with Crippen molar-refractivity contribution in [3.63, 3.8) is 0 Å². The second-order valence-corrected chi connectivity index (χ2v) is 6.26. The number of carbonyl (C=O) groups excluding carboxylic acids is 1. The standard InChI is InChI=1S/C19H16N4O5/c1-11-2-5-16(20-7-11)22-17(24)13-8-21-19(26)23(18(13)25)9-12-3-4-14-15(6-12)28-10-27-14/h2-8H,9-10H2,1H3,(H,21,26)(H,20,22,24). The van der Waals surface area contributed by atoms with Gasteiger partial charge in [0.2, 0.25) is 6.79 Å². The number of hydrogen-bond donors (Lipinski definition) is 2. The lowest BCUT2D eigenvalue weighted by molar-refractivity contribution is 0.102. The Morgan fingerprint density at radius 2 is 2.04 bits per heavy atom. The fourth-order valence-corrected chi connectivity index (χ4v) is 2.76. The van der Waals surface area contributed by atoms with Gasteiger partial charge in [0.1, 0.15) is 11.4 Å². The molecular formula is C19H16N4O5. The van der Waals surface area contributed by atoms with E-state index >= 15 is 0 Å². The molecule has 3 heterocycles. The molecule has 1 aliphatic heterocycles. The van der Waals surface area contributed by atoms with Crippen LogP contribution in [0.5, 0.6) is 11.5 Å². The van der Waals surface area contributed by atoms with E-state index in [1.54, 1.807) is 36.5 Å². The Labute approximate surface area is 158 Å². The molecule has 9 nitrogen and oxygen atoms in total. The van der Waals surface area contributed by atoms with Crippen LogP contribution in [-0.2, 0) is 6.54 Å². The lowest BCUT2D eigenvalue weighted by Gasteiger charge is -2.08. The van der Waals surface area contributed by atoms with Crippen molar-refractivity contribution in [2.45, 2.75) is 13.5 Å². The van der Waals surface area contributed by atoms with Crippen LogP contribution < -0.4 is 26.0 Å². The van der Waals surface area contributed by atoms with Gasteiger partial charge >= 0.3 is 5.69 Å². The van der Waals surface area contributed by atoms with Crippen molar-refractivity contribution in [2.75, 3.05) is 12.1 Å². The Hall–Kier alpha value is -3.88. The summed E-state index contributed by atoms with van der Waals surface area (Å²) in [6.45, 7) is 1.98. The molecule has 0 saturated heterocycles. The van der Waals surface area contributed by atoms with E-state index in [1.807, 2.05) is 6.92 Å². The zero-order valence-corrected chi connectivity index (χ0v) is 14.9. The van der Waals surface area contributed by atoms with Crippen molar-refractivity contribution >= 4 is 11.7 Å². The van der Waals surface area contributed by atoms with Gasteiger partial charge < -0.3 is 19.8 Å². The van der Waals surface area contributed by atoms with Crippen molar-refractivity contribution in [3.05, 3.63) is 80.3 Å². The van der Waals surface area contributed by atoms with Gasteiger partial charge in [-0.05, 0) is 36.2 Å². The average Bonchev–Trinajstić information content (AvgIpc) is 3.14. The maximum absolute atomic E-state index is 12.7. The summed E-state index contributed by atoms with van der Waals surface area (Å²) in [5, 5.41) is 2.55. The third kappa shape index (κ3) is 3.37. The molecule has 4 rings (SSSR count). The van der Waals surface area contributed by atoms with Crippen LogP contribution in [-0.4, -0.2) is 27.2 Å². The van der Waals surface area contributed by atoms with E-state index in [2.05, 4.69) is 15.3 Å². The average molecular weight is 380 g/mol. The fraction of sp³-hybridized carbons (Fsp3) is 0.158. The van der Waals surface area contributed by atoms with Crippen LogP contribution in [0.4, 0.5) is 5.82 Å². The molecule has 0 fully saturated rings. The molecule has 3 aromatic rings. The van der Waals surface area contributed by atoms with E-state index in [0.717, 1.165) is 16.3 Å². The number of amides is 1. The zero-order valence-electron chi connectivity index (χ0n) is 14.9. The summed E-state index contributed by atoms with van der Waals surface area (Å²) in [5.41, 5.74) is 0.0872. The van der Waals surface area contributed by atoms with Crippen LogP contribution in [0.15, 0.2) is 52.3 Å². The number of pyridine rings is 1. The molecule has 142 valence electrons. The number of H-pyrrole nitrogens is 1. The van der Waals surface area contributed by atoms with Gasteiger partial charge in [0.25, 0.3) is 11.5 Å². The highest BCUT2D eigenvalue weighted by Crippen LogP contribution is 2.32. The van der Waals surface area contributed by atoms with Crippen molar-refractivity contribution < 1.29 is 14.3 Å². The molecule has 0 radical (unpaired) electrons. The Morgan fingerprint density at radius 3 is 2.82 bits per heavy atom. The lowest BCUT2D eigenvalue weighted by atomic mass is 10.2. The molecule has 0 bridgehead atoms. The van der Waals surface area contributed by atoms with Gasteiger partial charge in [-0.1, -0.05) is 12.1 Å². The number of aromatic nitrogens is 3. The smallest absolute Gasteiger partial charge is 0.328 e. The first-order chi connectivity index (χ1) is 13.5. The van der Waals surface area contributed by atoms with E-state index in [0.29, 0.717) is 22.9 Å². The van der Waals surface area contributed by atoms with Crippen LogP contribution in [0, 0.1) is 6.92 Å². The summed E-state index contributed by atoms with van der Waals surface area (Å²) in [4.78, 5) is 43.8. The molecule has 1 aromatic carbocycles. The predicted molar refractivity (Wildman–Crippen MR) is 99.9 cm³/mol. The van der Waals surface area contributed by atoms with Crippen molar-refractivity contribution in [2.24, 2.45) is 0 Å². The maximum Gasteiger partial charge on any atom is 0.328 e. The number of aromatic amines is 1. The number of ether oxygens (including phenoxy) is 2. The highest BCUT2D eigenvalue weighted by Gasteiger charge is 2.17. The fourth-order valence-electron chi connectivity index (χ4n) is 2.76.